The molecule has 1 aromatic heterocycles. The van der Waals surface area contributed by atoms with E-state index in [1.54, 1.807) is 6.92 Å². The van der Waals surface area contributed by atoms with Crippen LogP contribution in [0.5, 0.6) is 0 Å². The van der Waals surface area contributed by atoms with Crippen molar-refractivity contribution < 1.29 is 9.21 Å². The Morgan fingerprint density at radius 3 is 2.80 bits per heavy atom. The second-order valence-electron chi connectivity index (χ2n) is 3.45. The van der Waals surface area contributed by atoms with Gasteiger partial charge in [-0.15, -0.1) is 10.2 Å². The summed E-state index contributed by atoms with van der Waals surface area (Å²) >= 11 is 0. The molecule has 5 heteroatoms. The molecule has 1 amide bonds. The molecular formula is C10H17N3O2. The molecule has 0 spiro atoms. The number of carbonyl (C=O) groups excluding carboxylic acids is 1. The van der Waals surface area contributed by atoms with Crippen molar-refractivity contribution in [3.63, 3.8) is 0 Å². The third kappa shape index (κ3) is 4.58. The summed E-state index contributed by atoms with van der Waals surface area (Å²) in [5, 5.41) is 10.2. The van der Waals surface area contributed by atoms with Gasteiger partial charge in [-0.3, -0.25) is 4.79 Å². The summed E-state index contributed by atoms with van der Waals surface area (Å²) in [7, 11) is 0. The molecule has 0 saturated heterocycles. The summed E-state index contributed by atoms with van der Waals surface area (Å²) in [5.74, 6) is 1.01. The van der Waals surface area contributed by atoms with Crippen LogP contribution in [0.4, 0.5) is 0 Å². The zero-order chi connectivity index (χ0) is 11.1. The number of amides is 1. The average molecular weight is 211 g/mol. The van der Waals surface area contributed by atoms with Gasteiger partial charge in [0.2, 0.25) is 17.7 Å². The SMILES string of the molecule is CCCCCC(=O)NCc1nnc(C)o1. The Bertz CT molecular complexity index is 309. The van der Waals surface area contributed by atoms with Crippen molar-refractivity contribution in [3.05, 3.63) is 11.8 Å². The van der Waals surface area contributed by atoms with Gasteiger partial charge in [-0.25, -0.2) is 0 Å². The Hall–Kier alpha value is -1.39. The second-order valence-corrected chi connectivity index (χ2v) is 3.45. The first-order chi connectivity index (χ1) is 7.22. The van der Waals surface area contributed by atoms with Gasteiger partial charge in [-0.2, -0.15) is 0 Å². The molecule has 0 fully saturated rings. The zero-order valence-electron chi connectivity index (χ0n) is 9.25. The van der Waals surface area contributed by atoms with Gasteiger partial charge in [-0.05, 0) is 6.42 Å². The molecule has 0 aliphatic carbocycles. The number of carbonyl (C=O) groups is 1. The first kappa shape index (κ1) is 11.7. The largest absolute Gasteiger partial charge is 0.424 e. The van der Waals surface area contributed by atoms with E-state index >= 15 is 0 Å². The number of hydrogen-bond donors (Lipinski definition) is 1. The molecule has 0 saturated carbocycles. The molecule has 1 aromatic rings. The van der Waals surface area contributed by atoms with Crippen LogP contribution in [0.3, 0.4) is 0 Å². The van der Waals surface area contributed by atoms with Crippen LogP contribution in [0.2, 0.25) is 0 Å². The maximum atomic E-state index is 11.3. The van der Waals surface area contributed by atoms with E-state index in [1.807, 2.05) is 0 Å². The molecule has 5 nitrogen and oxygen atoms in total. The van der Waals surface area contributed by atoms with Crippen LogP contribution in [0.1, 0.15) is 44.4 Å². The van der Waals surface area contributed by atoms with Crippen LogP contribution in [0.15, 0.2) is 4.42 Å². The Balaban J connectivity index is 2.16. The predicted octanol–water partition coefficient (Wildman–Crippen LogP) is 1.57. The number of aromatic nitrogens is 2. The lowest BCUT2D eigenvalue weighted by Gasteiger charge is -2.01. The average Bonchev–Trinajstić information content (AvgIpc) is 2.62. The van der Waals surface area contributed by atoms with Gasteiger partial charge in [0.1, 0.15) is 0 Å². The molecule has 0 atom stereocenters. The summed E-state index contributed by atoms with van der Waals surface area (Å²) < 4.78 is 5.12. The number of hydrogen-bond acceptors (Lipinski definition) is 4. The fourth-order valence-electron chi connectivity index (χ4n) is 1.21. The standard InChI is InChI=1S/C10H17N3O2/c1-3-4-5-6-9(14)11-7-10-13-12-8(2)15-10/h3-7H2,1-2H3,(H,11,14). The molecule has 84 valence electrons. The lowest BCUT2D eigenvalue weighted by molar-refractivity contribution is -0.121. The molecule has 1 heterocycles. The quantitative estimate of drug-likeness (QED) is 0.725. The molecule has 0 aliphatic heterocycles. The van der Waals surface area contributed by atoms with Gasteiger partial charge in [-0.1, -0.05) is 19.8 Å². The molecule has 1 N–H and O–H groups in total. The molecule has 0 aromatic carbocycles. The summed E-state index contributed by atoms with van der Waals surface area (Å²) in [5.41, 5.74) is 0. The van der Waals surface area contributed by atoms with Gasteiger partial charge < -0.3 is 9.73 Å². The Labute approximate surface area is 89.3 Å². The highest BCUT2D eigenvalue weighted by molar-refractivity contribution is 5.75. The molecule has 15 heavy (non-hydrogen) atoms. The number of aryl methyl sites for hydroxylation is 1. The highest BCUT2D eigenvalue weighted by Gasteiger charge is 2.04. The Morgan fingerprint density at radius 1 is 1.40 bits per heavy atom. The minimum absolute atomic E-state index is 0.0410. The fourth-order valence-corrected chi connectivity index (χ4v) is 1.21. The van der Waals surface area contributed by atoms with E-state index in [9.17, 15) is 4.79 Å². The topological polar surface area (TPSA) is 68.0 Å². The van der Waals surface area contributed by atoms with Crippen LogP contribution < -0.4 is 5.32 Å². The van der Waals surface area contributed by atoms with Crippen molar-refractivity contribution in [1.29, 1.82) is 0 Å². The van der Waals surface area contributed by atoms with Gasteiger partial charge in [0, 0.05) is 13.3 Å². The number of nitrogens with one attached hydrogen (secondary N) is 1. The summed E-state index contributed by atoms with van der Waals surface area (Å²) in [4.78, 5) is 11.3. The Morgan fingerprint density at radius 2 is 2.20 bits per heavy atom. The van der Waals surface area contributed by atoms with E-state index in [4.69, 9.17) is 4.42 Å². The third-order valence-corrected chi connectivity index (χ3v) is 2.01. The number of unbranched alkanes of at least 4 members (excludes halogenated alkanes) is 2. The molecule has 0 unspecified atom stereocenters. The predicted molar refractivity (Wildman–Crippen MR) is 55.0 cm³/mol. The van der Waals surface area contributed by atoms with Crippen LogP contribution in [0, 0.1) is 6.92 Å². The van der Waals surface area contributed by atoms with Gasteiger partial charge in [0.25, 0.3) is 0 Å². The molecule has 0 aliphatic rings. The van der Waals surface area contributed by atoms with Crippen molar-refractivity contribution >= 4 is 5.91 Å². The highest BCUT2D eigenvalue weighted by atomic mass is 16.4. The minimum Gasteiger partial charge on any atom is -0.424 e. The van der Waals surface area contributed by atoms with Crippen LogP contribution in [-0.4, -0.2) is 16.1 Å². The van der Waals surface area contributed by atoms with Gasteiger partial charge in [0.05, 0.1) is 6.54 Å². The molecular weight excluding hydrogens is 194 g/mol. The third-order valence-electron chi connectivity index (χ3n) is 2.01. The van der Waals surface area contributed by atoms with E-state index in [0.717, 1.165) is 19.3 Å². The normalized spacial score (nSPS) is 10.3. The smallest absolute Gasteiger partial charge is 0.235 e. The van der Waals surface area contributed by atoms with Crippen molar-refractivity contribution in [3.8, 4) is 0 Å². The van der Waals surface area contributed by atoms with Crippen LogP contribution in [-0.2, 0) is 11.3 Å². The highest BCUT2D eigenvalue weighted by Crippen LogP contribution is 2.00. The lowest BCUT2D eigenvalue weighted by atomic mass is 10.2. The van der Waals surface area contributed by atoms with E-state index in [-0.39, 0.29) is 5.91 Å². The maximum Gasteiger partial charge on any atom is 0.235 e. The fraction of sp³-hybridized carbons (Fsp3) is 0.700. The van der Waals surface area contributed by atoms with Crippen molar-refractivity contribution in [2.45, 2.75) is 46.1 Å². The second kappa shape index (κ2) is 6.16. The summed E-state index contributed by atoms with van der Waals surface area (Å²) in [6.07, 6.45) is 3.72. The van der Waals surface area contributed by atoms with E-state index in [2.05, 4.69) is 22.4 Å². The van der Waals surface area contributed by atoms with Crippen LogP contribution in [0.25, 0.3) is 0 Å². The molecule has 0 bridgehead atoms. The maximum absolute atomic E-state index is 11.3. The zero-order valence-corrected chi connectivity index (χ0v) is 9.25. The van der Waals surface area contributed by atoms with Gasteiger partial charge >= 0.3 is 0 Å². The van der Waals surface area contributed by atoms with Crippen molar-refractivity contribution in [2.75, 3.05) is 0 Å². The van der Waals surface area contributed by atoms with E-state index in [1.165, 1.54) is 0 Å². The minimum atomic E-state index is 0.0410. The monoisotopic (exact) mass is 211 g/mol. The first-order valence-corrected chi connectivity index (χ1v) is 5.28. The van der Waals surface area contributed by atoms with E-state index in [0.29, 0.717) is 24.7 Å². The van der Waals surface area contributed by atoms with Crippen molar-refractivity contribution in [1.82, 2.24) is 15.5 Å². The number of rotatable bonds is 6. The summed E-state index contributed by atoms with van der Waals surface area (Å²) in [6.45, 7) is 4.16. The lowest BCUT2D eigenvalue weighted by Crippen LogP contribution is -2.22. The van der Waals surface area contributed by atoms with Crippen molar-refractivity contribution in [2.24, 2.45) is 0 Å². The van der Waals surface area contributed by atoms with Gasteiger partial charge in [0.15, 0.2) is 0 Å². The molecule has 1 rings (SSSR count). The molecule has 0 radical (unpaired) electrons. The van der Waals surface area contributed by atoms with Crippen LogP contribution >= 0.6 is 0 Å². The van der Waals surface area contributed by atoms with E-state index < -0.39 is 0 Å². The first-order valence-electron chi connectivity index (χ1n) is 5.28. The Kier molecular flexibility index (Phi) is 4.80. The summed E-state index contributed by atoms with van der Waals surface area (Å²) in [6, 6.07) is 0. The number of nitrogens with zero attached hydrogens (tertiary/aromatic N) is 2.